The van der Waals surface area contributed by atoms with Gasteiger partial charge in [0.25, 0.3) is 0 Å². The summed E-state index contributed by atoms with van der Waals surface area (Å²) in [4.78, 5) is 10.3. The van der Waals surface area contributed by atoms with E-state index in [4.69, 9.17) is 14.4 Å². The quantitative estimate of drug-likeness (QED) is 0.199. The summed E-state index contributed by atoms with van der Waals surface area (Å²) in [5, 5.41) is 14.3. The highest BCUT2D eigenvalue weighted by Crippen LogP contribution is 2.42. The lowest BCUT2D eigenvalue weighted by molar-refractivity contribution is 0.477. The van der Waals surface area contributed by atoms with Gasteiger partial charge in [0.05, 0.1) is 28.3 Å². The number of phenols is 1. The summed E-state index contributed by atoms with van der Waals surface area (Å²) in [6.45, 7) is 13.4. The van der Waals surface area contributed by atoms with Crippen molar-refractivity contribution in [2.24, 2.45) is 0 Å². The molecule has 0 atom stereocenters. The molecule has 0 fully saturated rings. The van der Waals surface area contributed by atoms with E-state index >= 15 is 0 Å². The molecular weight excluding hydrogens is 651 g/mol. The summed E-state index contributed by atoms with van der Waals surface area (Å²) in [6, 6.07) is 44.0. The first-order valence-corrected chi connectivity index (χ1v) is 18.2. The highest BCUT2D eigenvalue weighted by atomic mass is 16.3. The molecule has 5 nitrogen and oxygen atoms in total. The predicted octanol–water partition coefficient (Wildman–Crippen LogP) is 12.8. The highest BCUT2D eigenvalue weighted by molar-refractivity contribution is 6.19. The Balaban J connectivity index is 1.26. The van der Waals surface area contributed by atoms with E-state index in [1.54, 1.807) is 6.07 Å². The lowest BCUT2D eigenvalue weighted by atomic mass is 9.83. The Labute approximate surface area is 309 Å². The van der Waals surface area contributed by atoms with Crippen LogP contribution in [0.5, 0.6) is 5.75 Å². The van der Waals surface area contributed by atoms with Crippen LogP contribution in [0.25, 0.3) is 83.2 Å². The van der Waals surface area contributed by atoms with Crippen LogP contribution in [0.3, 0.4) is 0 Å². The first-order chi connectivity index (χ1) is 25.5. The molecule has 3 aromatic heterocycles. The van der Waals surface area contributed by atoms with Crippen LogP contribution in [0.1, 0.15) is 52.7 Å². The number of furan rings is 1. The molecule has 9 rings (SSSR count). The van der Waals surface area contributed by atoms with Crippen LogP contribution in [0.2, 0.25) is 0 Å². The molecule has 5 heteroatoms. The number of fused-ring (bicyclic) bond motifs is 6. The van der Waals surface area contributed by atoms with Gasteiger partial charge >= 0.3 is 0 Å². The third kappa shape index (κ3) is 5.46. The second-order valence-corrected chi connectivity index (χ2v) is 16.1. The fraction of sp³-hybridized carbons (Fsp3) is 0.167. The SMILES string of the molecule is CC(C)(C)c1ccc(-n2c(-c3ccccc3O)nc3c(-c4cccc(-c5cc(C(C)(C)C)cc6c5ncc5oc7ccccc7c56)c4)cccc32)cc1. The number of nitrogens with zero attached hydrogens (tertiary/aromatic N) is 3. The smallest absolute Gasteiger partial charge is 0.154 e. The van der Waals surface area contributed by atoms with Crippen molar-refractivity contribution < 1.29 is 9.52 Å². The largest absolute Gasteiger partial charge is 0.507 e. The van der Waals surface area contributed by atoms with Gasteiger partial charge < -0.3 is 9.52 Å². The molecule has 0 aliphatic rings. The fourth-order valence-corrected chi connectivity index (χ4v) is 7.58. The first kappa shape index (κ1) is 32.7. The normalized spacial score (nSPS) is 12.4. The lowest BCUT2D eigenvalue weighted by Gasteiger charge is -2.21. The van der Waals surface area contributed by atoms with E-state index in [2.05, 4.69) is 137 Å². The van der Waals surface area contributed by atoms with Gasteiger partial charge in [-0.3, -0.25) is 9.55 Å². The Bertz CT molecular complexity index is 2860. The van der Waals surface area contributed by atoms with E-state index in [0.29, 0.717) is 11.4 Å². The van der Waals surface area contributed by atoms with E-state index in [0.717, 1.165) is 71.8 Å². The minimum atomic E-state index is -0.0921. The van der Waals surface area contributed by atoms with Gasteiger partial charge in [-0.25, -0.2) is 4.98 Å². The van der Waals surface area contributed by atoms with Crippen LogP contribution in [0.4, 0.5) is 0 Å². The lowest BCUT2D eigenvalue weighted by Crippen LogP contribution is -2.11. The average molecular weight is 692 g/mol. The van der Waals surface area contributed by atoms with Crippen LogP contribution < -0.4 is 0 Å². The minimum absolute atomic E-state index is 0.0276. The molecule has 6 aromatic carbocycles. The Kier molecular flexibility index (Phi) is 7.35. The van der Waals surface area contributed by atoms with Crippen LogP contribution in [0.15, 0.2) is 138 Å². The second-order valence-electron chi connectivity index (χ2n) is 16.1. The van der Waals surface area contributed by atoms with Gasteiger partial charge in [-0.05, 0) is 87.7 Å². The highest BCUT2D eigenvalue weighted by Gasteiger charge is 2.23. The number of para-hydroxylation sites is 3. The van der Waals surface area contributed by atoms with Crippen molar-refractivity contribution in [3.63, 3.8) is 0 Å². The summed E-state index contributed by atoms with van der Waals surface area (Å²) in [5.74, 6) is 0.881. The number of imidazole rings is 1. The van der Waals surface area contributed by atoms with Crippen molar-refractivity contribution in [1.82, 2.24) is 14.5 Å². The topological polar surface area (TPSA) is 64.1 Å². The minimum Gasteiger partial charge on any atom is -0.507 e. The number of benzene rings is 6. The maximum atomic E-state index is 11.1. The molecule has 53 heavy (non-hydrogen) atoms. The van der Waals surface area contributed by atoms with E-state index in [1.807, 2.05) is 36.5 Å². The zero-order valence-electron chi connectivity index (χ0n) is 30.9. The van der Waals surface area contributed by atoms with Gasteiger partial charge in [-0.2, -0.15) is 0 Å². The number of phenolic OH excluding ortho intramolecular Hbond substituents is 1. The summed E-state index contributed by atoms with van der Waals surface area (Å²) >= 11 is 0. The summed E-state index contributed by atoms with van der Waals surface area (Å²) in [7, 11) is 0. The Morgan fingerprint density at radius 1 is 0.566 bits per heavy atom. The molecule has 0 amide bonds. The van der Waals surface area contributed by atoms with E-state index in [1.165, 1.54) is 11.1 Å². The molecule has 1 N–H and O–H groups in total. The molecule has 260 valence electrons. The summed E-state index contributed by atoms with van der Waals surface area (Å²) < 4.78 is 8.43. The van der Waals surface area contributed by atoms with Gasteiger partial charge in [-0.15, -0.1) is 0 Å². The third-order valence-electron chi connectivity index (χ3n) is 10.5. The summed E-state index contributed by atoms with van der Waals surface area (Å²) in [5.41, 5.74) is 12.7. The molecule has 0 saturated heterocycles. The average Bonchev–Trinajstić information content (AvgIpc) is 3.73. The van der Waals surface area contributed by atoms with Gasteiger partial charge in [-0.1, -0.05) is 114 Å². The molecular formula is C48H41N3O2. The van der Waals surface area contributed by atoms with Crippen LogP contribution in [-0.2, 0) is 10.8 Å². The number of hydrogen-bond acceptors (Lipinski definition) is 4. The number of rotatable bonds is 4. The predicted molar refractivity (Wildman–Crippen MR) is 219 cm³/mol. The molecule has 0 saturated carbocycles. The van der Waals surface area contributed by atoms with Gasteiger partial charge in [0.1, 0.15) is 17.2 Å². The van der Waals surface area contributed by atoms with Gasteiger partial charge in [0.15, 0.2) is 5.58 Å². The Morgan fingerprint density at radius 2 is 1.25 bits per heavy atom. The number of aromatic nitrogens is 3. The van der Waals surface area contributed by atoms with E-state index in [9.17, 15) is 5.11 Å². The van der Waals surface area contributed by atoms with Crippen molar-refractivity contribution in [1.29, 1.82) is 0 Å². The number of hydrogen-bond donors (Lipinski definition) is 1. The van der Waals surface area contributed by atoms with E-state index < -0.39 is 0 Å². The van der Waals surface area contributed by atoms with Crippen LogP contribution in [-0.4, -0.2) is 19.6 Å². The van der Waals surface area contributed by atoms with Crippen LogP contribution >= 0.6 is 0 Å². The van der Waals surface area contributed by atoms with Crippen molar-refractivity contribution >= 4 is 43.9 Å². The molecule has 0 radical (unpaired) electrons. The molecule has 0 bridgehead atoms. The fourth-order valence-electron chi connectivity index (χ4n) is 7.58. The maximum absolute atomic E-state index is 11.1. The number of pyridine rings is 1. The van der Waals surface area contributed by atoms with Crippen molar-refractivity contribution in [3.8, 4) is 45.1 Å². The zero-order valence-corrected chi connectivity index (χ0v) is 30.9. The Morgan fingerprint density at radius 3 is 2.00 bits per heavy atom. The van der Waals surface area contributed by atoms with Gasteiger partial charge in [0.2, 0.25) is 0 Å². The molecule has 0 aliphatic carbocycles. The molecule has 0 aliphatic heterocycles. The first-order valence-electron chi connectivity index (χ1n) is 18.2. The zero-order chi connectivity index (χ0) is 36.6. The molecule has 0 unspecified atom stereocenters. The number of aromatic hydroxyl groups is 1. The van der Waals surface area contributed by atoms with Gasteiger partial charge in [0, 0.05) is 33.0 Å². The van der Waals surface area contributed by atoms with Crippen molar-refractivity contribution in [2.45, 2.75) is 52.4 Å². The Hall–Kier alpha value is -6.20. The monoisotopic (exact) mass is 691 g/mol. The molecule has 3 heterocycles. The molecule has 0 spiro atoms. The second kappa shape index (κ2) is 11.9. The third-order valence-corrected chi connectivity index (χ3v) is 10.5. The standard InChI is InChI=1S/C48H41N3O2/c1-47(2,3)31-21-23-33(24-22-31)51-39-18-12-17-34(45(39)50-46(51)35-15-7-9-19-40(35)52)29-13-11-14-30(25-29)37-26-32(48(4,5)6)27-38-43-36-16-8-10-20-41(36)53-42(43)28-49-44(37)38/h7-28,52H,1-6H3. The van der Waals surface area contributed by atoms with Crippen LogP contribution in [0, 0.1) is 0 Å². The maximum Gasteiger partial charge on any atom is 0.154 e. The summed E-state index contributed by atoms with van der Waals surface area (Å²) in [6.07, 6.45) is 1.86. The van der Waals surface area contributed by atoms with Crippen molar-refractivity contribution in [2.75, 3.05) is 0 Å². The van der Waals surface area contributed by atoms with E-state index in [-0.39, 0.29) is 16.6 Å². The molecule has 9 aromatic rings. The van der Waals surface area contributed by atoms with Crippen molar-refractivity contribution in [3.05, 3.63) is 145 Å².